The number of benzene rings is 1. The normalized spacial score (nSPS) is 12.2. The van der Waals surface area contributed by atoms with Crippen molar-refractivity contribution < 1.29 is 14.7 Å². The molecule has 4 N–H and O–H groups in total. The molecule has 5 nitrogen and oxygen atoms in total. The molecule has 0 spiro atoms. The van der Waals surface area contributed by atoms with E-state index in [0.29, 0.717) is 24.6 Å². The zero-order valence-electron chi connectivity index (χ0n) is 12.2. The van der Waals surface area contributed by atoms with Crippen molar-refractivity contribution in [3.8, 4) is 0 Å². The Kier molecular flexibility index (Phi) is 6.65. The van der Waals surface area contributed by atoms with Gasteiger partial charge in [0, 0.05) is 12.1 Å². The van der Waals surface area contributed by atoms with E-state index in [1.807, 2.05) is 0 Å². The largest absolute Gasteiger partial charge is 0.478 e. The quantitative estimate of drug-likeness (QED) is 0.721. The predicted octanol–water partition coefficient (Wildman–Crippen LogP) is 2.99. The van der Waals surface area contributed by atoms with Crippen LogP contribution in [0.5, 0.6) is 0 Å². The van der Waals surface area contributed by atoms with Gasteiger partial charge in [0.25, 0.3) is 0 Å². The summed E-state index contributed by atoms with van der Waals surface area (Å²) in [6.45, 7) is 4.62. The number of rotatable bonds is 7. The number of amides is 1. The number of aromatic carboxylic acids is 1. The van der Waals surface area contributed by atoms with E-state index in [-0.39, 0.29) is 22.4 Å². The third-order valence-electron chi connectivity index (χ3n) is 3.09. The van der Waals surface area contributed by atoms with E-state index in [0.717, 1.165) is 6.42 Å². The Hall–Kier alpha value is -1.59. The highest BCUT2D eigenvalue weighted by Gasteiger charge is 2.15. The SMILES string of the molecule is CC(C)C[C@H](CN)CC(=O)Nc1ccc(Cl)c(C(=O)O)c1. The Morgan fingerprint density at radius 1 is 1.38 bits per heavy atom. The number of nitrogens with one attached hydrogen (secondary N) is 1. The number of anilines is 1. The van der Waals surface area contributed by atoms with Gasteiger partial charge in [0.05, 0.1) is 10.6 Å². The molecule has 1 rings (SSSR count). The molecule has 0 unspecified atom stereocenters. The topological polar surface area (TPSA) is 92.4 Å². The first-order valence-corrected chi connectivity index (χ1v) is 7.24. The lowest BCUT2D eigenvalue weighted by Crippen LogP contribution is -2.23. The van der Waals surface area contributed by atoms with E-state index in [4.69, 9.17) is 22.4 Å². The number of halogens is 1. The molecule has 1 aromatic rings. The summed E-state index contributed by atoms with van der Waals surface area (Å²) in [6, 6.07) is 4.38. The molecular weight excluding hydrogens is 292 g/mol. The van der Waals surface area contributed by atoms with Crippen LogP contribution >= 0.6 is 11.6 Å². The van der Waals surface area contributed by atoms with E-state index in [1.54, 1.807) is 6.07 Å². The third-order valence-corrected chi connectivity index (χ3v) is 3.42. The molecule has 21 heavy (non-hydrogen) atoms. The number of carboxylic acids is 1. The number of carbonyl (C=O) groups is 2. The second-order valence-corrected chi connectivity index (χ2v) is 5.89. The highest BCUT2D eigenvalue weighted by Crippen LogP contribution is 2.21. The molecule has 0 aliphatic carbocycles. The van der Waals surface area contributed by atoms with E-state index >= 15 is 0 Å². The van der Waals surface area contributed by atoms with Crippen LogP contribution in [0.15, 0.2) is 18.2 Å². The molecule has 0 aromatic heterocycles. The average molecular weight is 313 g/mol. The maximum Gasteiger partial charge on any atom is 0.337 e. The van der Waals surface area contributed by atoms with Crippen molar-refractivity contribution in [2.45, 2.75) is 26.7 Å². The van der Waals surface area contributed by atoms with Crippen molar-refractivity contribution in [1.82, 2.24) is 0 Å². The van der Waals surface area contributed by atoms with Crippen LogP contribution in [-0.4, -0.2) is 23.5 Å². The molecule has 0 radical (unpaired) electrons. The second kappa shape index (κ2) is 8.00. The Morgan fingerprint density at radius 2 is 2.05 bits per heavy atom. The van der Waals surface area contributed by atoms with Crippen LogP contribution in [0.1, 0.15) is 37.0 Å². The highest BCUT2D eigenvalue weighted by atomic mass is 35.5. The van der Waals surface area contributed by atoms with Crippen LogP contribution in [0.4, 0.5) is 5.69 Å². The van der Waals surface area contributed by atoms with Crippen molar-refractivity contribution in [2.75, 3.05) is 11.9 Å². The molecule has 0 heterocycles. The summed E-state index contributed by atoms with van der Waals surface area (Å²) >= 11 is 5.78. The number of carbonyl (C=O) groups excluding carboxylic acids is 1. The third kappa shape index (κ3) is 5.73. The standard InChI is InChI=1S/C15H21ClN2O3/c1-9(2)5-10(8-17)6-14(19)18-11-3-4-13(16)12(7-11)15(20)21/h3-4,7,9-10H,5-6,8,17H2,1-2H3,(H,18,19)(H,20,21)/t10-/m0/s1. The van der Waals surface area contributed by atoms with Gasteiger partial charge in [-0.2, -0.15) is 0 Å². The molecule has 1 atom stereocenters. The van der Waals surface area contributed by atoms with Crippen LogP contribution in [0.2, 0.25) is 5.02 Å². The molecular formula is C15H21ClN2O3. The van der Waals surface area contributed by atoms with E-state index in [2.05, 4.69) is 19.2 Å². The minimum absolute atomic E-state index is 0.0352. The predicted molar refractivity (Wildman–Crippen MR) is 83.7 cm³/mol. The molecule has 1 aromatic carbocycles. The Bertz CT molecular complexity index is 518. The number of hydrogen-bond acceptors (Lipinski definition) is 3. The van der Waals surface area contributed by atoms with Crippen LogP contribution in [0.25, 0.3) is 0 Å². The van der Waals surface area contributed by atoms with Crippen molar-refractivity contribution in [3.63, 3.8) is 0 Å². The summed E-state index contributed by atoms with van der Waals surface area (Å²) in [6.07, 6.45) is 1.20. The van der Waals surface area contributed by atoms with Crippen molar-refractivity contribution in [2.24, 2.45) is 17.6 Å². The van der Waals surface area contributed by atoms with E-state index in [9.17, 15) is 9.59 Å². The summed E-state index contributed by atoms with van der Waals surface area (Å²) in [5, 5.41) is 11.8. The average Bonchev–Trinajstić information content (AvgIpc) is 2.39. The molecule has 0 fully saturated rings. The van der Waals surface area contributed by atoms with Gasteiger partial charge in [-0.1, -0.05) is 25.4 Å². The van der Waals surface area contributed by atoms with Gasteiger partial charge in [0.15, 0.2) is 0 Å². The molecule has 0 aliphatic rings. The number of hydrogen-bond donors (Lipinski definition) is 3. The van der Waals surface area contributed by atoms with E-state index in [1.165, 1.54) is 12.1 Å². The van der Waals surface area contributed by atoms with Crippen LogP contribution < -0.4 is 11.1 Å². The maximum atomic E-state index is 12.0. The number of nitrogens with two attached hydrogens (primary N) is 1. The van der Waals surface area contributed by atoms with Gasteiger partial charge in [0.1, 0.15) is 0 Å². The zero-order valence-corrected chi connectivity index (χ0v) is 13.0. The van der Waals surface area contributed by atoms with Gasteiger partial charge in [-0.25, -0.2) is 4.79 Å². The summed E-state index contributed by atoms with van der Waals surface area (Å²) < 4.78 is 0. The lowest BCUT2D eigenvalue weighted by atomic mass is 9.94. The second-order valence-electron chi connectivity index (χ2n) is 5.48. The minimum Gasteiger partial charge on any atom is -0.478 e. The van der Waals surface area contributed by atoms with Gasteiger partial charge in [-0.3, -0.25) is 4.79 Å². The first kappa shape index (κ1) is 17.5. The molecule has 0 saturated carbocycles. The Balaban J connectivity index is 2.70. The van der Waals surface area contributed by atoms with Crippen LogP contribution in [0.3, 0.4) is 0 Å². The Morgan fingerprint density at radius 3 is 2.57 bits per heavy atom. The van der Waals surface area contributed by atoms with Crippen LogP contribution in [-0.2, 0) is 4.79 Å². The fourth-order valence-corrected chi connectivity index (χ4v) is 2.37. The van der Waals surface area contributed by atoms with Crippen molar-refractivity contribution in [1.29, 1.82) is 0 Å². The molecule has 0 aliphatic heterocycles. The summed E-state index contributed by atoms with van der Waals surface area (Å²) in [4.78, 5) is 23.0. The minimum atomic E-state index is -1.13. The van der Waals surface area contributed by atoms with Crippen molar-refractivity contribution >= 4 is 29.2 Å². The highest BCUT2D eigenvalue weighted by molar-refractivity contribution is 6.33. The van der Waals surface area contributed by atoms with Gasteiger partial charge in [0.2, 0.25) is 5.91 Å². The first-order chi connectivity index (χ1) is 9.83. The lowest BCUT2D eigenvalue weighted by molar-refractivity contribution is -0.117. The van der Waals surface area contributed by atoms with Gasteiger partial charge >= 0.3 is 5.97 Å². The fourth-order valence-electron chi connectivity index (χ4n) is 2.17. The summed E-state index contributed by atoms with van der Waals surface area (Å²) in [5.41, 5.74) is 6.05. The number of carboxylic acid groups (broad SMARTS) is 1. The van der Waals surface area contributed by atoms with Crippen LogP contribution in [0, 0.1) is 11.8 Å². The lowest BCUT2D eigenvalue weighted by Gasteiger charge is -2.16. The van der Waals surface area contributed by atoms with Crippen molar-refractivity contribution in [3.05, 3.63) is 28.8 Å². The Labute approximate surface area is 129 Å². The van der Waals surface area contributed by atoms with Gasteiger partial charge in [-0.15, -0.1) is 0 Å². The molecule has 1 amide bonds. The molecule has 0 saturated heterocycles. The van der Waals surface area contributed by atoms with Gasteiger partial charge < -0.3 is 16.2 Å². The van der Waals surface area contributed by atoms with Gasteiger partial charge in [-0.05, 0) is 43.0 Å². The smallest absolute Gasteiger partial charge is 0.337 e. The molecule has 0 bridgehead atoms. The molecule has 116 valence electrons. The fraction of sp³-hybridized carbons (Fsp3) is 0.467. The molecule has 6 heteroatoms. The zero-order chi connectivity index (χ0) is 16.0. The summed E-state index contributed by atoms with van der Waals surface area (Å²) in [5.74, 6) is -0.711. The monoisotopic (exact) mass is 312 g/mol. The van der Waals surface area contributed by atoms with E-state index < -0.39 is 5.97 Å². The maximum absolute atomic E-state index is 12.0. The first-order valence-electron chi connectivity index (χ1n) is 6.86. The summed E-state index contributed by atoms with van der Waals surface area (Å²) in [7, 11) is 0.